The van der Waals surface area contributed by atoms with Gasteiger partial charge < -0.3 is 14.8 Å². The summed E-state index contributed by atoms with van der Waals surface area (Å²) in [6, 6.07) is 2.78. The highest BCUT2D eigenvalue weighted by Crippen LogP contribution is 2.32. The van der Waals surface area contributed by atoms with Crippen LogP contribution in [-0.2, 0) is 9.59 Å². The molecule has 1 saturated carbocycles. The molecule has 4 rings (SSSR count). The first kappa shape index (κ1) is 21.8. The second kappa shape index (κ2) is 9.81. The molecular weight excluding hydrogens is 408 g/mol. The van der Waals surface area contributed by atoms with Crippen LogP contribution < -0.4 is 5.32 Å². The molecule has 0 radical (unpaired) electrons. The maximum atomic E-state index is 12.9. The Kier molecular flexibility index (Phi) is 6.90. The van der Waals surface area contributed by atoms with Crippen molar-refractivity contribution in [3.63, 3.8) is 0 Å². The summed E-state index contributed by atoms with van der Waals surface area (Å²) in [4.78, 5) is 31.3. The Bertz CT molecular complexity index is 941. The first-order valence-electron chi connectivity index (χ1n) is 11.4. The Morgan fingerprint density at radius 3 is 2.71 bits per heavy atom. The minimum atomic E-state index is -0.189. The van der Waals surface area contributed by atoms with Gasteiger partial charge in [0.2, 0.25) is 11.8 Å². The molecule has 31 heavy (non-hydrogen) atoms. The molecule has 0 bridgehead atoms. The lowest BCUT2D eigenvalue weighted by Crippen LogP contribution is -2.43. The zero-order valence-corrected chi connectivity index (χ0v) is 19.3. The molecule has 1 N–H and O–H groups in total. The first-order chi connectivity index (χ1) is 15.0. The summed E-state index contributed by atoms with van der Waals surface area (Å²) in [5, 5.41) is 5.31. The smallest absolute Gasteiger partial charge is 0.246 e. The number of hydrogen-bond acceptors (Lipinski definition) is 4. The van der Waals surface area contributed by atoms with Crippen LogP contribution in [0.25, 0.3) is 6.08 Å². The first-order valence-corrected chi connectivity index (χ1v) is 12.3. The van der Waals surface area contributed by atoms with Crippen LogP contribution in [-0.4, -0.2) is 39.4 Å². The number of hydrogen-bond donors (Lipinski definition) is 1. The Hall–Kier alpha value is -2.41. The Morgan fingerprint density at radius 2 is 1.97 bits per heavy atom. The average Bonchev–Trinajstić information content (AvgIpc) is 3.40. The van der Waals surface area contributed by atoms with Crippen molar-refractivity contribution in [2.24, 2.45) is 5.92 Å². The summed E-state index contributed by atoms with van der Waals surface area (Å²) in [7, 11) is 0. The van der Waals surface area contributed by atoms with Crippen molar-refractivity contribution in [1.29, 1.82) is 0 Å². The number of rotatable bonds is 5. The quantitative estimate of drug-likeness (QED) is 0.669. The zero-order valence-electron chi connectivity index (χ0n) is 18.5. The fourth-order valence-electron chi connectivity index (χ4n) is 5.02. The molecule has 2 aromatic rings. The molecule has 0 aromatic carbocycles. The summed E-state index contributed by atoms with van der Waals surface area (Å²) in [5.41, 5.74) is 3.63. The maximum Gasteiger partial charge on any atom is 0.246 e. The molecule has 1 saturated heterocycles. The molecule has 1 aliphatic heterocycles. The molecule has 6 nitrogen and oxygen atoms in total. The van der Waals surface area contributed by atoms with E-state index in [1.54, 1.807) is 17.2 Å². The Balaban J connectivity index is 1.39. The van der Waals surface area contributed by atoms with Crippen LogP contribution in [0.1, 0.15) is 67.9 Å². The second-order valence-electron chi connectivity index (χ2n) is 8.77. The summed E-state index contributed by atoms with van der Waals surface area (Å²) in [5.74, 6) is -0.256. The topological polar surface area (TPSA) is 67.2 Å². The van der Waals surface area contributed by atoms with Gasteiger partial charge in [0.25, 0.3) is 0 Å². The van der Waals surface area contributed by atoms with E-state index in [-0.39, 0.29) is 17.7 Å². The molecule has 2 aromatic heterocycles. The molecule has 2 fully saturated rings. The van der Waals surface area contributed by atoms with E-state index in [0.29, 0.717) is 24.3 Å². The van der Waals surface area contributed by atoms with Gasteiger partial charge in [-0.2, -0.15) is 0 Å². The molecule has 2 amide bonds. The van der Waals surface area contributed by atoms with E-state index in [4.69, 9.17) is 0 Å². The predicted molar refractivity (Wildman–Crippen MR) is 125 cm³/mol. The SMILES string of the molecule is Cc1cc(C=CC(=O)N2CCCC(C(=O)Nc3nccs3)C2)c(C)n1C1CCCCC1. The fraction of sp³-hybridized carbons (Fsp3) is 0.542. The number of aryl methyl sites for hydroxylation is 1. The number of nitrogens with zero attached hydrogens (tertiary/aromatic N) is 3. The number of nitrogens with one attached hydrogen (secondary N) is 1. The number of likely N-dealkylation sites (tertiary alicyclic amines) is 1. The van der Waals surface area contributed by atoms with Crippen LogP contribution in [0.4, 0.5) is 5.13 Å². The lowest BCUT2D eigenvalue weighted by atomic mass is 9.95. The molecule has 7 heteroatoms. The minimum absolute atomic E-state index is 0.0192. The van der Waals surface area contributed by atoms with Crippen LogP contribution in [0.2, 0.25) is 0 Å². The Labute approximate surface area is 188 Å². The number of aromatic nitrogens is 2. The highest BCUT2D eigenvalue weighted by atomic mass is 32.1. The normalized spacial score (nSPS) is 20.3. The van der Waals surface area contributed by atoms with Gasteiger partial charge in [0.05, 0.1) is 5.92 Å². The van der Waals surface area contributed by atoms with Gasteiger partial charge in [0, 0.05) is 48.2 Å². The molecular formula is C24H32N4O2S. The molecule has 166 valence electrons. The number of amides is 2. The second-order valence-corrected chi connectivity index (χ2v) is 9.67. The number of carbonyl (C=O) groups is 2. The summed E-state index contributed by atoms with van der Waals surface area (Å²) in [6.45, 7) is 5.48. The number of anilines is 1. The fourth-order valence-corrected chi connectivity index (χ4v) is 5.55. The monoisotopic (exact) mass is 440 g/mol. The van der Waals surface area contributed by atoms with Crippen LogP contribution in [0.15, 0.2) is 23.7 Å². The number of thiazole rings is 1. The number of piperidine rings is 1. The van der Waals surface area contributed by atoms with Gasteiger partial charge >= 0.3 is 0 Å². The summed E-state index contributed by atoms with van der Waals surface area (Å²) in [6.07, 6.45) is 13.4. The predicted octanol–water partition coefficient (Wildman–Crippen LogP) is 4.96. The third-order valence-electron chi connectivity index (χ3n) is 6.64. The van der Waals surface area contributed by atoms with E-state index in [2.05, 4.69) is 34.8 Å². The van der Waals surface area contributed by atoms with Crippen molar-refractivity contribution < 1.29 is 9.59 Å². The molecule has 1 unspecified atom stereocenters. The number of carbonyl (C=O) groups excluding carboxylic acids is 2. The Morgan fingerprint density at radius 1 is 1.16 bits per heavy atom. The third-order valence-corrected chi connectivity index (χ3v) is 7.32. The molecule has 2 aliphatic rings. The van der Waals surface area contributed by atoms with E-state index in [1.807, 2.05) is 11.5 Å². The van der Waals surface area contributed by atoms with E-state index >= 15 is 0 Å². The minimum Gasteiger partial charge on any atom is -0.346 e. The highest BCUT2D eigenvalue weighted by molar-refractivity contribution is 7.13. The maximum absolute atomic E-state index is 12.9. The largest absolute Gasteiger partial charge is 0.346 e. The molecule has 1 atom stereocenters. The van der Waals surface area contributed by atoms with E-state index < -0.39 is 0 Å². The van der Waals surface area contributed by atoms with Gasteiger partial charge in [-0.1, -0.05) is 19.3 Å². The van der Waals surface area contributed by atoms with Gasteiger partial charge in [-0.25, -0.2) is 4.98 Å². The molecule has 1 aliphatic carbocycles. The molecule has 3 heterocycles. The standard InChI is InChI=1S/C24H32N4O2S/c1-17-15-19(18(2)28(17)21-8-4-3-5-9-21)10-11-22(29)27-13-6-7-20(16-27)23(30)26-24-25-12-14-31-24/h10-12,14-15,20-21H,3-9,13,16H2,1-2H3,(H,25,26,30). The van der Waals surface area contributed by atoms with Crippen LogP contribution >= 0.6 is 11.3 Å². The van der Waals surface area contributed by atoms with Gasteiger partial charge in [0.15, 0.2) is 5.13 Å². The van der Waals surface area contributed by atoms with E-state index in [1.165, 1.54) is 54.8 Å². The van der Waals surface area contributed by atoms with Crippen molar-refractivity contribution in [2.45, 2.75) is 64.8 Å². The zero-order chi connectivity index (χ0) is 21.8. The highest BCUT2D eigenvalue weighted by Gasteiger charge is 2.28. The van der Waals surface area contributed by atoms with E-state index in [9.17, 15) is 9.59 Å². The van der Waals surface area contributed by atoms with Crippen molar-refractivity contribution >= 4 is 34.4 Å². The lowest BCUT2D eigenvalue weighted by molar-refractivity contribution is -0.130. The summed E-state index contributed by atoms with van der Waals surface area (Å²) < 4.78 is 2.46. The van der Waals surface area contributed by atoms with Gasteiger partial charge in [-0.3, -0.25) is 9.59 Å². The van der Waals surface area contributed by atoms with Gasteiger partial charge in [-0.05, 0) is 57.2 Å². The van der Waals surface area contributed by atoms with Crippen molar-refractivity contribution in [3.8, 4) is 0 Å². The van der Waals surface area contributed by atoms with Crippen LogP contribution in [0, 0.1) is 19.8 Å². The molecule has 0 spiro atoms. The van der Waals surface area contributed by atoms with Gasteiger partial charge in [-0.15, -0.1) is 11.3 Å². The van der Waals surface area contributed by atoms with Crippen molar-refractivity contribution in [3.05, 3.63) is 40.7 Å². The van der Waals surface area contributed by atoms with E-state index in [0.717, 1.165) is 18.4 Å². The van der Waals surface area contributed by atoms with Crippen molar-refractivity contribution in [1.82, 2.24) is 14.5 Å². The van der Waals surface area contributed by atoms with Gasteiger partial charge in [0.1, 0.15) is 0 Å². The third kappa shape index (κ3) is 5.09. The average molecular weight is 441 g/mol. The van der Waals surface area contributed by atoms with Crippen LogP contribution in [0.3, 0.4) is 0 Å². The van der Waals surface area contributed by atoms with Crippen molar-refractivity contribution in [2.75, 3.05) is 18.4 Å². The van der Waals surface area contributed by atoms with Crippen LogP contribution in [0.5, 0.6) is 0 Å². The lowest BCUT2D eigenvalue weighted by Gasteiger charge is -2.31. The summed E-state index contributed by atoms with van der Waals surface area (Å²) >= 11 is 1.41.